The molecule has 0 spiro atoms. The fraction of sp³-hybridized carbons (Fsp3) is 0.375. The van der Waals surface area contributed by atoms with Crippen molar-refractivity contribution in [1.29, 1.82) is 0 Å². The van der Waals surface area contributed by atoms with Crippen LogP contribution < -0.4 is 10.6 Å². The highest BCUT2D eigenvalue weighted by Crippen LogP contribution is 2.25. The van der Waals surface area contributed by atoms with Crippen LogP contribution in [0.15, 0.2) is 0 Å². The summed E-state index contributed by atoms with van der Waals surface area (Å²) in [7, 11) is 3.47. The molecule has 1 heterocycles. The van der Waals surface area contributed by atoms with Gasteiger partial charge in [-0.1, -0.05) is 11.6 Å². The van der Waals surface area contributed by atoms with Gasteiger partial charge in [-0.05, 0) is 0 Å². The largest absolute Gasteiger partial charge is 0.481 e. The molecule has 0 aliphatic carbocycles. The van der Waals surface area contributed by atoms with Gasteiger partial charge in [-0.2, -0.15) is 4.98 Å². The van der Waals surface area contributed by atoms with E-state index in [-0.39, 0.29) is 23.1 Å². The summed E-state index contributed by atoms with van der Waals surface area (Å²) in [6.07, 6.45) is -0.271. The molecular formula is C8H11ClN4O2. The van der Waals surface area contributed by atoms with Crippen LogP contribution in [0.5, 0.6) is 0 Å². The maximum Gasteiger partial charge on any atom is 0.309 e. The monoisotopic (exact) mass is 230 g/mol. The van der Waals surface area contributed by atoms with Crippen molar-refractivity contribution < 1.29 is 9.90 Å². The SMILES string of the molecule is CN(C)c1nc(N)nc(CC(=O)O)c1Cl. The van der Waals surface area contributed by atoms with Gasteiger partial charge >= 0.3 is 5.97 Å². The molecule has 0 saturated heterocycles. The fourth-order valence-corrected chi connectivity index (χ4v) is 1.38. The zero-order valence-electron chi connectivity index (χ0n) is 8.36. The molecule has 1 rings (SSSR count). The molecule has 0 aromatic carbocycles. The Hall–Kier alpha value is -1.56. The highest BCUT2D eigenvalue weighted by atomic mass is 35.5. The number of anilines is 2. The van der Waals surface area contributed by atoms with Crippen molar-refractivity contribution in [2.45, 2.75) is 6.42 Å². The third-order valence-corrected chi connectivity index (χ3v) is 2.05. The molecule has 0 aliphatic rings. The summed E-state index contributed by atoms with van der Waals surface area (Å²) in [5, 5.41) is 8.86. The molecule has 1 aromatic heterocycles. The maximum atomic E-state index is 10.5. The van der Waals surface area contributed by atoms with E-state index < -0.39 is 5.97 Å². The lowest BCUT2D eigenvalue weighted by atomic mass is 10.3. The van der Waals surface area contributed by atoms with Crippen LogP contribution in [0.3, 0.4) is 0 Å². The number of carboxylic acids is 1. The van der Waals surface area contributed by atoms with E-state index in [0.29, 0.717) is 5.82 Å². The summed E-state index contributed by atoms with van der Waals surface area (Å²) in [5.41, 5.74) is 5.66. The van der Waals surface area contributed by atoms with Crippen molar-refractivity contribution in [2.24, 2.45) is 0 Å². The van der Waals surface area contributed by atoms with Gasteiger partial charge in [0.2, 0.25) is 5.95 Å². The standard InChI is InChI=1S/C8H11ClN4O2/c1-13(2)7-6(9)4(3-5(14)15)11-8(10)12-7/h3H2,1-2H3,(H,14,15)(H2,10,11,12). The molecule has 15 heavy (non-hydrogen) atoms. The van der Waals surface area contributed by atoms with Gasteiger partial charge in [0.1, 0.15) is 5.02 Å². The Morgan fingerprint density at radius 1 is 1.53 bits per heavy atom. The van der Waals surface area contributed by atoms with Crippen LogP contribution in [-0.4, -0.2) is 35.1 Å². The summed E-state index contributed by atoms with van der Waals surface area (Å²) in [5.74, 6) is -0.584. The average molecular weight is 231 g/mol. The summed E-state index contributed by atoms with van der Waals surface area (Å²) < 4.78 is 0. The van der Waals surface area contributed by atoms with Crippen LogP contribution in [0.4, 0.5) is 11.8 Å². The summed E-state index contributed by atoms with van der Waals surface area (Å²) in [6.45, 7) is 0. The van der Waals surface area contributed by atoms with E-state index in [1.807, 2.05) is 0 Å². The first-order valence-electron chi connectivity index (χ1n) is 4.12. The molecule has 0 bridgehead atoms. The first kappa shape index (κ1) is 11.5. The van der Waals surface area contributed by atoms with Crippen LogP contribution in [-0.2, 0) is 11.2 Å². The fourth-order valence-electron chi connectivity index (χ4n) is 1.06. The molecule has 7 heteroatoms. The number of aromatic nitrogens is 2. The van der Waals surface area contributed by atoms with Gasteiger partial charge in [0.05, 0.1) is 12.1 Å². The highest BCUT2D eigenvalue weighted by molar-refractivity contribution is 6.33. The van der Waals surface area contributed by atoms with Crippen LogP contribution in [0.1, 0.15) is 5.69 Å². The molecule has 0 aliphatic heterocycles. The van der Waals surface area contributed by atoms with Gasteiger partial charge in [-0.25, -0.2) is 4.98 Å². The van der Waals surface area contributed by atoms with Crippen molar-refractivity contribution in [3.8, 4) is 0 Å². The minimum absolute atomic E-state index is 0.0133. The normalized spacial score (nSPS) is 10.1. The van der Waals surface area contributed by atoms with Crippen LogP contribution >= 0.6 is 11.6 Å². The Morgan fingerprint density at radius 2 is 2.13 bits per heavy atom. The molecule has 3 N–H and O–H groups in total. The van der Waals surface area contributed by atoms with Crippen LogP contribution in [0, 0.1) is 0 Å². The number of hydrogen-bond acceptors (Lipinski definition) is 5. The predicted octanol–water partition coefficient (Wildman–Crippen LogP) is 0.405. The number of carboxylic acid groups (broad SMARTS) is 1. The molecule has 0 atom stereocenters. The minimum atomic E-state index is -1.01. The number of nitrogen functional groups attached to an aromatic ring is 1. The molecule has 82 valence electrons. The van der Waals surface area contributed by atoms with E-state index in [1.54, 1.807) is 19.0 Å². The number of nitrogens with zero attached hydrogens (tertiary/aromatic N) is 3. The van der Waals surface area contributed by atoms with Gasteiger partial charge in [0, 0.05) is 14.1 Å². The third kappa shape index (κ3) is 2.69. The Kier molecular flexibility index (Phi) is 3.31. The quantitative estimate of drug-likeness (QED) is 0.781. The van der Waals surface area contributed by atoms with E-state index >= 15 is 0 Å². The minimum Gasteiger partial charge on any atom is -0.481 e. The van der Waals surface area contributed by atoms with Gasteiger partial charge in [0.15, 0.2) is 5.82 Å². The Morgan fingerprint density at radius 3 is 2.60 bits per heavy atom. The first-order chi connectivity index (χ1) is 6.91. The highest BCUT2D eigenvalue weighted by Gasteiger charge is 2.15. The van der Waals surface area contributed by atoms with E-state index in [9.17, 15) is 4.79 Å². The Balaban J connectivity index is 3.21. The van der Waals surface area contributed by atoms with E-state index in [4.69, 9.17) is 22.4 Å². The van der Waals surface area contributed by atoms with Gasteiger partial charge in [-0.3, -0.25) is 4.79 Å². The summed E-state index contributed by atoms with van der Waals surface area (Å²) in [6, 6.07) is 0. The second-order valence-electron chi connectivity index (χ2n) is 3.13. The number of carbonyl (C=O) groups is 1. The second kappa shape index (κ2) is 4.31. The van der Waals surface area contributed by atoms with Crippen molar-refractivity contribution in [3.63, 3.8) is 0 Å². The Labute approximate surface area is 91.7 Å². The smallest absolute Gasteiger partial charge is 0.309 e. The van der Waals surface area contributed by atoms with E-state index in [1.165, 1.54) is 0 Å². The van der Waals surface area contributed by atoms with Gasteiger partial charge in [0.25, 0.3) is 0 Å². The predicted molar refractivity (Wildman–Crippen MR) is 57.1 cm³/mol. The maximum absolute atomic E-state index is 10.5. The van der Waals surface area contributed by atoms with Crippen LogP contribution in [0.25, 0.3) is 0 Å². The number of rotatable bonds is 3. The molecule has 0 fully saturated rings. The third-order valence-electron chi connectivity index (χ3n) is 1.66. The molecule has 6 nitrogen and oxygen atoms in total. The van der Waals surface area contributed by atoms with Crippen molar-refractivity contribution in [2.75, 3.05) is 24.7 Å². The van der Waals surface area contributed by atoms with Crippen molar-refractivity contribution >= 4 is 29.3 Å². The lowest BCUT2D eigenvalue weighted by Gasteiger charge is -2.14. The van der Waals surface area contributed by atoms with Gasteiger partial charge in [-0.15, -0.1) is 0 Å². The van der Waals surface area contributed by atoms with Crippen LogP contribution in [0.2, 0.25) is 5.02 Å². The molecule has 0 amide bonds. The second-order valence-corrected chi connectivity index (χ2v) is 3.51. The zero-order valence-corrected chi connectivity index (χ0v) is 9.12. The molecule has 0 unspecified atom stereocenters. The number of hydrogen-bond donors (Lipinski definition) is 2. The molecular weight excluding hydrogens is 220 g/mol. The summed E-state index contributed by atoms with van der Waals surface area (Å²) in [4.78, 5) is 19.9. The number of halogens is 1. The first-order valence-corrected chi connectivity index (χ1v) is 4.50. The van der Waals surface area contributed by atoms with Crippen molar-refractivity contribution in [1.82, 2.24) is 9.97 Å². The van der Waals surface area contributed by atoms with E-state index in [0.717, 1.165) is 0 Å². The van der Waals surface area contributed by atoms with Crippen molar-refractivity contribution in [3.05, 3.63) is 10.7 Å². The average Bonchev–Trinajstić information content (AvgIpc) is 2.09. The Bertz CT molecular complexity index is 394. The number of nitrogens with two attached hydrogens (primary N) is 1. The van der Waals surface area contributed by atoms with E-state index in [2.05, 4.69) is 9.97 Å². The lowest BCUT2D eigenvalue weighted by molar-refractivity contribution is -0.136. The lowest BCUT2D eigenvalue weighted by Crippen LogP contribution is -2.15. The topological polar surface area (TPSA) is 92.3 Å². The number of aliphatic carboxylic acids is 1. The molecule has 0 radical (unpaired) electrons. The molecule has 0 saturated carbocycles. The zero-order chi connectivity index (χ0) is 11.6. The summed E-state index contributed by atoms with van der Waals surface area (Å²) >= 11 is 5.93. The van der Waals surface area contributed by atoms with Gasteiger partial charge < -0.3 is 15.7 Å². The molecule has 1 aromatic rings.